The van der Waals surface area contributed by atoms with Crippen LogP contribution in [0.3, 0.4) is 0 Å². The fourth-order valence-corrected chi connectivity index (χ4v) is 5.83. The zero-order chi connectivity index (χ0) is 21.7. The average Bonchev–Trinajstić information content (AvgIpc) is 2.75. The number of halogens is 1. The summed E-state index contributed by atoms with van der Waals surface area (Å²) in [5.41, 5.74) is 0.744. The molecule has 0 aliphatic carbocycles. The minimum atomic E-state index is -3.76. The van der Waals surface area contributed by atoms with Gasteiger partial charge in [0.1, 0.15) is 5.75 Å². The first-order chi connectivity index (χ1) is 14.4. The average molecular weight is 469 g/mol. The lowest BCUT2D eigenvalue weighted by molar-refractivity contribution is -0.120. The molecule has 0 bridgehead atoms. The molecule has 0 radical (unpaired) electrons. The predicted octanol–water partition coefficient (Wildman–Crippen LogP) is 4.50. The van der Waals surface area contributed by atoms with Crippen molar-refractivity contribution in [2.24, 2.45) is 5.92 Å². The van der Waals surface area contributed by atoms with Gasteiger partial charge in [0.05, 0.1) is 28.1 Å². The Balaban J connectivity index is 1.75. The highest BCUT2D eigenvalue weighted by molar-refractivity contribution is 7.98. The number of ether oxygens (including phenoxy) is 1. The van der Waals surface area contributed by atoms with Gasteiger partial charge in [0, 0.05) is 18.0 Å². The quantitative estimate of drug-likeness (QED) is 0.605. The minimum absolute atomic E-state index is 0.102. The maximum absolute atomic E-state index is 13.1. The van der Waals surface area contributed by atoms with Gasteiger partial charge in [0.15, 0.2) is 0 Å². The summed E-state index contributed by atoms with van der Waals surface area (Å²) >= 11 is 7.73. The number of nitrogens with zero attached hydrogens (tertiary/aromatic N) is 1. The van der Waals surface area contributed by atoms with Crippen LogP contribution in [0.25, 0.3) is 0 Å². The first-order valence-corrected chi connectivity index (χ1v) is 12.8. The normalized spacial score (nSPS) is 17.5. The fourth-order valence-electron chi connectivity index (χ4n) is 3.42. The van der Waals surface area contributed by atoms with Gasteiger partial charge in [-0.25, -0.2) is 8.42 Å². The summed E-state index contributed by atoms with van der Waals surface area (Å²) in [4.78, 5) is 13.9. The van der Waals surface area contributed by atoms with E-state index in [0.717, 1.165) is 10.6 Å². The summed E-state index contributed by atoms with van der Waals surface area (Å²) in [6.07, 6.45) is 3.21. The number of thioether (sulfide) groups is 1. The van der Waals surface area contributed by atoms with E-state index in [-0.39, 0.29) is 22.4 Å². The summed E-state index contributed by atoms with van der Waals surface area (Å²) in [5.74, 6) is -0.135. The van der Waals surface area contributed by atoms with Crippen molar-refractivity contribution in [2.45, 2.75) is 29.6 Å². The van der Waals surface area contributed by atoms with Crippen LogP contribution in [-0.2, 0) is 14.8 Å². The first kappa shape index (κ1) is 22.9. The molecule has 162 valence electrons. The van der Waals surface area contributed by atoms with Crippen molar-refractivity contribution in [3.8, 4) is 5.75 Å². The predicted molar refractivity (Wildman–Crippen MR) is 121 cm³/mol. The Hall–Kier alpha value is -1.74. The van der Waals surface area contributed by atoms with Crippen LogP contribution in [0.5, 0.6) is 5.75 Å². The smallest absolute Gasteiger partial charge is 0.243 e. The van der Waals surface area contributed by atoms with E-state index in [2.05, 4.69) is 5.32 Å². The zero-order valence-corrected chi connectivity index (χ0v) is 19.3. The van der Waals surface area contributed by atoms with Crippen LogP contribution < -0.4 is 10.1 Å². The number of piperidine rings is 1. The third kappa shape index (κ3) is 5.11. The number of para-hydroxylation sites is 1. The highest BCUT2D eigenvalue weighted by Gasteiger charge is 2.33. The molecule has 1 heterocycles. The highest BCUT2D eigenvalue weighted by atomic mass is 35.5. The summed E-state index contributed by atoms with van der Waals surface area (Å²) in [6.45, 7) is 2.78. The molecule has 9 heteroatoms. The van der Waals surface area contributed by atoms with Gasteiger partial charge in [-0.05, 0) is 56.4 Å². The third-order valence-electron chi connectivity index (χ3n) is 4.96. The monoisotopic (exact) mass is 468 g/mol. The van der Waals surface area contributed by atoms with Gasteiger partial charge in [-0.2, -0.15) is 4.31 Å². The van der Waals surface area contributed by atoms with Gasteiger partial charge in [0.25, 0.3) is 0 Å². The zero-order valence-electron chi connectivity index (χ0n) is 16.9. The van der Waals surface area contributed by atoms with Crippen molar-refractivity contribution in [1.29, 1.82) is 0 Å². The molecular formula is C21H25ClN2O4S2. The first-order valence-electron chi connectivity index (χ1n) is 9.73. The number of anilines is 1. The molecule has 0 unspecified atom stereocenters. The lowest BCUT2D eigenvalue weighted by atomic mass is 9.99. The molecule has 0 saturated carbocycles. The van der Waals surface area contributed by atoms with Gasteiger partial charge in [-0.15, -0.1) is 11.8 Å². The molecule has 6 nitrogen and oxygen atoms in total. The lowest BCUT2D eigenvalue weighted by Crippen LogP contribution is -2.43. The van der Waals surface area contributed by atoms with Gasteiger partial charge >= 0.3 is 0 Å². The molecule has 1 aliphatic rings. The molecule has 1 fully saturated rings. The maximum Gasteiger partial charge on any atom is 0.243 e. The summed E-state index contributed by atoms with van der Waals surface area (Å²) in [5, 5.41) is 3.20. The molecule has 30 heavy (non-hydrogen) atoms. The second-order valence-electron chi connectivity index (χ2n) is 6.92. The van der Waals surface area contributed by atoms with Crippen molar-refractivity contribution in [3.63, 3.8) is 0 Å². The molecule has 1 amide bonds. The second kappa shape index (κ2) is 10.0. The van der Waals surface area contributed by atoms with Gasteiger partial charge < -0.3 is 10.1 Å². The van der Waals surface area contributed by atoms with Crippen molar-refractivity contribution < 1.29 is 17.9 Å². The van der Waals surface area contributed by atoms with Crippen LogP contribution in [0, 0.1) is 5.92 Å². The van der Waals surface area contributed by atoms with Crippen LogP contribution in [-0.4, -0.2) is 44.6 Å². The van der Waals surface area contributed by atoms with Crippen molar-refractivity contribution in [3.05, 3.63) is 47.5 Å². The number of amides is 1. The lowest BCUT2D eigenvalue weighted by Gasteiger charge is -2.31. The fraction of sp³-hybridized carbons (Fsp3) is 0.381. The number of carbonyl (C=O) groups is 1. The number of carbonyl (C=O) groups excluding carboxylic acids is 1. The SMILES string of the molecule is CCOc1ccc(S(=O)(=O)N2CCC[C@@H](C(=O)Nc3ccccc3SC)C2)cc1Cl. The van der Waals surface area contributed by atoms with Gasteiger partial charge in [-0.1, -0.05) is 23.7 Å². The Morgan fingerprint density at radius 1 is 1.30 bits per heavy atom. The van der Waals surface area contributed by atoms with Crippen LogP contribution in [0.1, 0.15) is 19.8 Å². The Morgan fingerprint density at radius 3 is 2.77 bits per heavy atom. The topological polar surface area (TPSA) is 75.7 Å². The number of hydrogen-bond donors (Lipinski definition) is 1. The number of sulfonamides is 1. The molecule has 2 aromatic rings. The van der Waals surface area contributed by atoms with E-state index in [0.29, 0.717) is 31.7 Å². The van der Waals surface area contributed by atoms with E-state index in [9.17, 15) is 13.2 Å². The van der Waals surface area contributed by atoms with Crippen LogP contribution in [0.4, 0.5) is 5.69 Å². The van der Waals surface area contributed by atoms with Crippen LogP contribution in [0.2, 0.25) is 5.02 Å². The summed E-state index contributed by atoms with van der Waals surface area (Å²) in [7, 11) is -3.76. The largest absolute Gasteiger partial charge is 0.492 e. The molecular weight excluding hydrogens is 444 g/mol. The Kier molecular flexibility index (Phi) is 7.68. The second-order valence-corrected chi connectivity index (χ2v) is 10.1. The van der Waals surface area contributed by atoms with Gasteiger partial charge in [0.2, 0.25) is 15.9 Å². The third-order valence-corrected chi connectivity index (χ3v) is 7.91. The van der Waals surface area contributed by atoms with E-state index in [1.165, 1.54) is 16.4 Å². The maximum atomic E-state index is 13.1. The molecule has 1 N–H and O–H groups in total. The van der Waals surface area contributed by atoms with E-state index >= 15 is 0 Å². The molecule has 1 aliphatic heterocycles. The number of hydrogen-bond acceptors (Lipinski definition) is 5. The molecule has 1 saturated heterocycles. The van der Waals surface area contributed by atoms with Crippen molar-refractivity contribution in [2.75, 3.05) is 31.3 Å². The number of benzene rings is 2. The van der Waals surface area contributed by atoms with E-state index in [1.54, 1.807) is 17.8 Å². The van der Waals surface area contributed by atoms with E-state index in [4.69, 9.17) is 16.3 Å². The number of nitrogens with one attached hydrogen (secondary N) is 1. The molecule has 2 aromatic carbocycles. The van der Waals surface area contributed by atoms with Crippen LogP contribution in [0.15, 0.2) is 52.3 Å². The highest BCUT2D eigenvalue weighted by Crippen LogP contribution is 2.31. The Morgan fingerprint density at radius 2 is 2.07 bits per heavy atom. The minimum Gasteiger partial charge on any atom is -0.492 e. The summed E-state index contributed by atoms with van der Waals surface area (Å²) in [6, 6.07) is 12.0. The van der Waals surface area contributed by atoms with Gasteiger partial charge in [-0.3, -0.25) is 4.79 Å². The molecule has 3 rings (SSSR count). The molecule has 0 aromatic heterocycles. The van der Waals surface area contributed by atoms with E-state index < -0.39 is 15.9 Å². The van der Waals surface area contributed by atoms with Crippen molar-refractivity contribution >= 4 is 45.0 Å². The standard InChI is InChI=1S/C21H25ClN2O4S2/c1-3-28-19-11-10-16(13-17(19)22)30(26,27)24-12-6-7-15(14-24)21(25)23-18-8-4-5-9-20(18)29-2/h4-5,8-11,13,15H,3,6-7,12,14H2,1-2H3,(H,23,25)/t15-/m1/s1. The molecule has 0 spiro atoms. The van der Waals surface area contributed by atoms with E-state index in [1.807, 2.05) is 37.4 Å². The Bertz CT molecular complexity index is 1010. The number of rotatable bonds is 7. The van der Waals surface area contributed by atoms with Crippen molar-refractivity contribution in [1.82, 2.24) is 4.31 Å². The summed E-state index contributed by atoms with van der Waals surface area (Å²) < 4.78 is 33.0. The Labute approximate surface area is 187 Å². The van der Waals surface area contributed by atoms with Crippen LogP contribution >= 0.6 is 23.4 Å². The molecule has 1 atom stereocenters.